The van der Waals surface area contributed by atoms with Crippen molar-refractivity contribution in [1.82, 2.24) is 0 Å². The van der Waals surface area contributed by atoms with Gasteiger partial charge >= 0.3 is 18.0 Å². The van der Waals surface area contributed by atoms with E-state index in [2.05, 4.69) is 31.7 Å². The third-order valence-corrected chi connectivity index (χ3v) is 5.60. The molecule has 0 bridgehead atoms. The number of rotatable bonds is 8. The fourth-order valence-corrected chi connectivity index (χ4v) is 3.54. The van der Waals surface area contributed by atoms with Crippen molar-refractivity contribution in [3.63, 3.8) is 0 Å². The minimum atomic E-state index is -1.33. The second kappa shape index (κ2) is 12.2. The number of Topliss-reactive ketones (excluding diaryl/α,β-unsaturated/α-hetero) is 1. The van der Waals surface area contributed by atoms with Crippen LogP contribution in [0.15, 0.2) is 106 Å². The van der Waals surface area contributed by atoms with Crippen LogP contribution in [0.3, 0.4) is 0 Å². The van der Waals surface area contributed by atoms with Gasteiger partial charge in [0.05, 0.1) is 22.8 Å². The number of carboxylic acid groups (broad SMARTS) is 2. The third kappa shape index (κ3) is 7.26. The van der Waals surface area contributed by atoms with E-state index in [0.29, 0.717) is 22.7 Å². The summed E-state index contributed by atoms with van der Waals surface area (Å²) in [5.74, 6) is -3.83. The predicted octanol–water partition coefficient (Wildman–Crippen LogP) is 3.56. The molecular formula is C28H22N6O7. The van der Waals surface area contributed by atoms with Crippen molar-refractivity contribution in [3.05, 3.63) is 95.6 Å². The molecule has 2 aliphatic rings. The summed E-state index contributed by atoms with van der Waals surface area (Å²) >= 11 is 0. The van der Waals surface area contributed by atoms with E-state index >= 15 is 0 Å². The number of ketones is 2. The van der Waals surface area contributed by atoms with Gasteiger partial charge in [0.25, 0.3) is 0 Å². The van der Waals surface area contributed by atoms with E-state index in [4.69, 9.17) is 10.2 Å². The molecule has 206 valence electrons. The number of allylic oxidation sites excluding steroid dienone is 6. The Morgan fingerprint density at radius 3 is 1.61 bits per heavy atom. The Labute approximate surface area is 232 Å². The molecule has 0 aromatic heterocycles. The number of carbonyl (C=O) groups excluding carboxylic acids is 3. The van der Waals surface area contributed by atoms with Crippen LogP contribution in [0.4, 0.5) is 27.5 Å². The lowest BCUT2D eigenvalue weighted by molar-refractivity contribution is -0.135. The van der Waals surface area contributed by atoms with E-state index in [9.17, 15) is 24.0 Å². The van der Waals surface area contributed by atoms with E-state index in [1.54, 1.807) is 48.5 Å². The molecular weight excluding hydrogens is 532 g/mol. The minimum Gasteiger partial charge on any atom is -0.478 e. The van der Waals surface area contributed by atoms with E-state index in [-0.39, 0.29) is 28.1 Å². The maximum atomic E-state index is 12.4. The Balaban J connectivity index is 1.29. The van der Waals surface area contributed by atoms with Gasteiger partial charge in [-0.1, -0.05) is 0 Å². The highest BCUT2D eigenvalue weighted by Gasteiger charge is 2.23. The highest BCUT2D eigenvalue weighted by atomic mass is 16.4. The molecule has 0 radical (unpaired) electrons. The van der Waals surface area contributed by atoms with Gasteiger partial charge in [-0.05, 0) is 91.4 Å². The van der Waals surface area contributed by atoms with Gasteiger partial charge < -0.3 is 20.8 Å². The van der Waals surface area contributed by atoms with Gasteiger partial charge in [0.15, 0.2) is 11.6 Å². The van der Waals surface area contributed by atoms with Gasteiger partial charge in [0.1, 0.15) is 11.1 Å². The molecule has 2 aromatic carbocycles. The zero-order valence-corrected chi connectivity index (χ0v) is 21.3. The third-order valence-electron chi connectivity index (χ3n) is 5.60. The predicted molar refractivity (Wildman–Crippen MR) is 152 cm³/mol. The SMILES string of the molecule is CC1=CC(=NNc2ccc(NC(=O)Nc3ccc(NN=C4C=CC(=O)C(C(=O)O)=C4)cc3)cc2)C=C(C(=O)O)C1=O. The summed E-state index contributed by atoms with van der Waals surface area (Å²) in [7, 11) is 0. The summed E-state index contributed by atoms with van der Waals surface area (Å²) in [4.78, 5) is 58.2. The molecule has 2 aromatic rings. The second-order valence-corrected chi connectivity index (χ2v) is 8.61. The number of nitrogens with one attached hydrogen (secondary N) is 4. The first-order valence-electron chi connectivity index (χ1n) is 11.9. The van der Waals surface area contributed by atoms with Gasteiger partial charge in [-0.15, -0.1) is 0 Å². The van der Waals surface area contributed by atoms with Crippen molar-refractivity contribution in [2.45, 2.75) is 6.92 Å². The lowest BCUT2D eigenvalue weighted by atomic mass is 9.97. The van der Waals surface area contributed by atoms with Crippen molar-refractivity contribution < 1.29 is 34.2 Å². The van der Waals surface area contributed by atoms with E-state index in [1.807, 2.05) is 0 Å². The van der Waals surface area contributed by atoms with Crippen LogP contribution < -0.4 is 21.5 Å². The highest BCUT2D eigenvalue weighted by Crippen LogP contribution is 2.18. The average molecular weight is 555 g/mol. The molecule has 0 unspecified atom stereocenters. The summed E-state index contributed by atoms with van der Waals surface area (Å²) in [5, 5.41) is 31.8. The number of carboxylic acids is 2. The quantitative estimate of drug-likeness (QED) is 0.160. The smallest absolute Gasteiger partial charge is 0.339 e. The lowest BCUT2D eigenvalue weighted by Crippen LogP contribution is -2.19. The summed E-state index contributed by atoms with van der Waals surface area (Å²) in [6.07, 6.45) is 6.35. The molecule has 0 saturated heterocycles. The summed E-state index contributed by atoms with van der Waals surface area (Å²) in [5.41, 5.74) is 7.71. The molecule has 0 fully saturated rings. The number of hydrogen-bond donors (Lipinski definition) is 6. The van der Waals surface area contributed by atoms with Gasteiger partial charge in [0, 0.05) is 11.4 Å². The standard InChI is InChI=1S/C28H22N6O7/c1-15-12-21(14-23(25(15)36)27(39)40)34-32-19-8-4-17(5-9-19)30-28(41)29-16-2-6-18(7-3-16)31-33-20-10-11-24(35)22(13-20)26(37)38/h2-14,31-32H,1H3,(H,37,38)(H,39,40)(H2,29,30,41). The van der Waals surface area contributed by atoms with E-state index in [1.165, 1.54) is 31.2 Å². The molecule has 0 heterocycles. The number of aliphatic carboxylic acids is 2. The molecule has 0 aliphatic heterocycles. The molecule has 2 aliphatic carbocycles. The van der Waals surface area contributed by atoms with Crippen molar-refractivity contribution in [3.8, 4) is 0 Å². The minimum absolute atomic E-state index is 0.263. The number of benzene rings is 2. The Hall–Kier alpha value is -6.11. The van der Waals surface area contributed by atoms with Crippen LogP contribution in [-0.4, -0.2) is 51.2 Å². The van der Waals surface area contributed by atoms with Crippen molar-refractivity contribution in [1.29, 1.82) is 0 Å². The maximum absolute atomic E-state index is 12.4. The monoisotopic (exact) mass is 554 g/mol. The molecule has 13 nitrogen and oxygen atoms in total. The largest absolute Gasteiger partial charge is 0.478 e. The maximum Gasteiger partial charge on any atom is 0.339 e. The fraction of sp³-hybridized carbons (Fsp3) is 0.0357. The van der Waals surface area contributed by atoms with E-state index < -0.39 is 29.5 Å². The number of urea groups is 1. The molecule has 0 spiro atoms. The molecule has 13 heteroatoms. The van der Waals surface area contributed by atoms with Crippen LogP contribution in [0.1, 0.15) is 6.92 Å². The Bertz CT molecular complexity index is 1630. The number of anilines is 4. The van der Waals surface area contributed by atoms with Crippen LogP contribution in [0.5, 0.6) is 0 Å². The first-order chi connectivity index (χ1) is 19.6. The number of hydrazone groups is 2. The van der Waals surface area contributed by atoms with Crippen LogP contribution >= 0.6 is 0 Å². The van der Waals surface area contributed by atoms with Crippen LogP contribution in [-0.2, 0) is 19.2 Å². The second-order valence-electron chi connectivity index (χ2n) is 8.61. The number of amides is 2. The average Bonchev–Trinajstić information content (AvgIpc) is 2.94. The van der Waals surface area contributed by atoms with Crippen LogP contribution in [0.25, 0.3) is 0 Å². The Morgan fingerprint density at radius 2 is 1.10 bits per heavy atom. The topological polar surface area (TPSA) is 199 Å². The first-order valence-corrected chi connectivity index (χ1v) is 11.9. The molecule has 4 rings (SSSR count). The zero-order valence-electron chi connectivity index (χ0n) is 21.3. The van der Waals surface area contributed by atoms with Gasteiger partial charge in [0.2, 0.25) is 0 Å². The number of nitrogens with zero attached hydrogens (tertiary/aromatic N) is 2. The number of hydrogen-bond acceptors (Lipinski definition) is 9. The van der Waals surface area contributed by atoms with E-state index in [0.717, 1.165) is 6.08 Å². The first kappa shape index (κ1) is 27.9. The highest BCUT2D eigenvalue weighted by molar-refractivity contribution is 6.31. The summed E-state index contributed by atoms with van der Waals surface area (Å²) < 4.78 is 0. The van der Waals surface area contributed by atoms with Crippen molar-refractivity contribution >= 4 is 63.7 Å². The van der Waals surface area contributed by atoms with Gasteiger partial charge in [-0.3, -0.25) is 20.4 Å². The number of carbonyl (C=O) groups is 5. The van der Waals surface area contributed by atoms with Crippen LogP contribution in [0.2, 0.25) is 0 Å². The molecule has 0 saturated carbocycles. The normalized spacial score (nSPS) is 16.5. The van der Waals surface area contributed by atoms with Crippen molar-refractivity contribution in [2.24, 2.45) is 10.2 Å². The Kier molecular flexibility index (Phi) is 8.28. The lowest BCUT2D eigenvalue weighted by Gasteiger charge is -2.10. The molecule has 41 heavy (non-hydrogen) atoms. The fourth-order valence-electron chi connectivity index (χ4n) is 3.54. The zero-order chi connectivity index (χ0) is 29.5. The van der Waals surface area contributed by atoms with Gasteiger partial charge in [-0.25, -0.2) is 14.4 Å². The molecule has 2 amide bonds. The Morgan fingerprint density at radius 1 is 0.634 bits per heavy atom. The van der Waals surface area contributed by atoms with Crippen LogP contribution in [0, 0.1) is 0 Å². The summed E-state index contributed by atoms with van der Waals surface area (Å²) in [6, 6.07) is 12.6. The van der Waals surface area contributed by atoms with Crippen molar-refractivity contribution in [2.75, 3.05) is 21.5 Å². The molecule has 0 atom stereocenters. The molecule has 6 N–H and O–H groups in total. The van der Waals surface area contributed by atoms with Gasteiger partial charge in [-0.2, -0.15) is 10.2 Å². The summed E-state index contributed by atoms with van der Waals surface area (Å²) in [6.45, 7) is 1.51.